The minimum absolute atomic E-state index is 0.0918. The largest absolute Gasteiger partial charge is 0.491 e. The minimum Gasteiger partial charge on any atom is -0.491 e. The first kappa shape index (κ1) is 20.7. The van der Waals surface area contributed by atoms with E-state index in [0.29, 0.717) is 30.4 Å². The zero-order valence-electron chi connectivity index (χ0n) is 17.5. The average molecular weight is 395 g/mol. The van der Waals surface area contributed by atoms with E-state index in [4.69, 9.17) is 9.47 Å². The van der Waals surface area contributed by atoms with Gasteiger partial charge in [-0.05, 0) is 81.6 Å². The van der Waals surface area contributed by atoms with Gasteiger partial charge in [-0.25, -0.2) is 9.37 Å². The average Bonchev–Trinajstić information content (AvgIpc) is 2.65. The van der Waals surface area contributed by atoms with E-state index in [2.05, 4.69) is 15.0 Å². The second kappa shape index (κ2) is 8.99. The summed E-state index contributed by atoms with van der Waals surface area (Å²) in [6, 6.07) is 9.09. The number of aryl methyl sites for hydroxylation is 4. The van der Waals surface area contributed by atoms with Gasteiger partial charge in [-0.15, -0.1) is 0 Å². The number of rotatable bonds is 7. The molecule has 0 aliphatic rings. The van der Waals surface area contributed by atoms with Gasteiger partial charge in [-0.3, -0.25) is 4.98 Å². The van der Waals surface area contributed by atoms with Crippen molar-refractivity contribution in [2.75, 3.05) is 6.61 Å². The molecular formula is C23H26FN3O2. The Bertz CT molecular complexity index is 987. The molecule has 5 nitrogen and oxygen atoms in total. The molecule has 0 bridgehead atoms. The number of hydrogen-bond donors (Lipinski definition) is 0. The highest BCUT2D eigenvalue weighted by Crippen LogP contribution is 2.22. The second-order valence-electron chi connectivity index (χ2n) is 7.33. The summed E-state index contributed by atoms with van der Waals surface area (Å²) in [5.41, 5.74) is 5.17. The molecule has 2 aromatic heterocycles. The third kappa shape index (κ3) is 5.50. The fraction of sp³-hybridized carbons (Fsp3) is 0.348. The van der Waals surface area contributed by atoms with Crippen molar-refractivity contribution in [2.24, 2.45) is 0 Å². The first-order chi connectivity index (χ1) is 13.8. The maximum absolute atomic E-state index is 13.4. The van der Waals surface area contributed by atoms with Gasteiger partial charge in [0.15, 0.2) is 0 Å². The second-order valence-corrected chi connectivity index (χ2v) is 7.33. The lowest BCUT2D eigenvalue weighted by molar-refractivity contribution is 0.172. The molecule has 0 spiro atoms. The first-order valence-corrected chi connectivity index (χ1v) is 9.66. The summed E-state index contributed by atoms with van der Waals surface area (Å²) < 4.78 is 24.9. The van der Waals surface area contributed by atoms with Crippen LogP contribution in [0.3, 0.4) is 0 Å². The first-order valence-electron chi connectivity index (χ1n) is 9.66. The Morgan fingerprint density at radius 3 is 2.52 bits per heavy atom. The van der Waals surface area contributed by atoms with Crippen LogP contribution in [0.25, 0.3) is 11.4 Å². The molecule has 0 fully saturated rings. The normalized spacial score (nSPS) is 11.9. The Balaban J connectivity index is 1.61. The Morgan fingerprint density at radius 1 is 1.00 bits per heavy atom. The third-order valence-corrected chi connectivity index (χ3v) is 4.51. The number of halogens is 1. The van der Waals surface area contributed by atoms with Crippen molar-refractivity contribution in [3.05, 3.63) is 64.7 Å². The zero-order chi connectivity index (χ0) is 21.0. The van der Waals surface area contributed by atoms with E-state index in [1.807, 2.05) is 39.8 Å². The summed E-state index contributed by atoms with van der Waals surface area (Å²) in [6.07, 6.45) is 2.30. The molecule has 2 heterocycles. The van der Waals surface area contributed by atoms with Gasteiger partial charge in [0.1, 0.15) is 11.6 Å². The summed E-state index contributed by atoms with van der Waals surface area (Å²) in [7, 11) is 0. The molecule has 29 heavy (non-hydrogen) atoms. The lowest BCUT2D eigenvalue weighted by Crippen LogP contribution is -2.16. The highest BCUT2D eigenvalue weighted by molar-refractivity contribution is 5.59. The van der Waals surface area contributed by atoms with Crippen molar-refractivity contribution < 1.29 is 13.9 Å². The molecule has 1 atom stereocenters. The summed E-state index contributed by atoms with van der Waals surface area (Å²) in [5.74, 6) is 0.408. The molecule has 0 aliphatic carbocycles. The van der Waals surface area contributed by atoms with Crippen LogP contribution in [-0.4, -0.2) is 27.7 Å². The Kier molecular flexibility index (Phi) is 6.42. The van der Waals surface area contributed by atoms with Crippen LogP contribution in [0.4, 0.5) is 4.39 Å². The summed E-state index contributed by atoms with van der Waals surface area (Å²) in [5, 5.41) is 0. The van der Waals surface area contributed by atoms with Crippen LogP contribution in [0.1, 0.15) is 35.7 Å². The topological polar surface area (TPSA) is 57.1 Å². The van der Waals surface area contributed by atoms with Gasteiger partial charge in [-0.2, -0.15) is 4.98 Å². The molecule has 0 saturated carbocycles. The number of nitrogens with zero attached hydrogens (tertiary/aromatic N) is 3. The molecule has 152 valence electrons. The molecule has 0 aliphatic heterocycles. The van der Waals surface area contributed by atoms with Crippen LogP contribution in [0.2, 0.25) is 0 Å². The van der Waals surface area contributed by atoms with Crippen molar-refractivity contribution in [1.82, 2.24) is 15.0 Å². The fourth-order valence-corrected chi connectivity index (χ4v) is 3.02. The maximum atomic E-state index is 13.4. The molecular weight excluding hydrogens is 369 g/mol. The summed E-state index contributed by atoms with van der Waals surface area (Å²) in [4.78, 5) is 13.4. The van der Waals surface area contributed by atoms with E-state index in [1.54, 1.807) is 25.3 Å². The van der Waals surface area contributed by atoms with Gasteiger partial charge in [0.25, 0.3) is 0 Å². The smallest absolute Gasteiger partial charge is 0.316 e. The van der Waals surface area contributed by atoms with E-state index in [9.17, 15) is 4.39 Å². The fourth-order valence-electron chi connectivity index (χ4n) is 3.02. The zero-order valence-corrected chi connectivity index (χ0v) is 17.5. The van der Waals surface area contributed by atoms with Crippen LogP contribution in [0.5, 0.6) is 11.8 Å². The standard InChI is InChI=1S/C23H26FN3O2/c1-14-10-17(4)26-21(11-14)22-16(3)13-25-23(27-22)28-9-8-18(5)29-19-6-7-20(24)15(2)12-19/h6-7,10-13,18H,8-9H2,1-5H3. The molecule has 1 unspecified atom stereocenters. The molecule has 1 aromatic carbocycles. The number of pyridine rings is 1. The van der Waals surface area contributed by atoms with Gasteiger partial charge in [0.05, 0.1) is 24.1 Å². The van der Waals surface area contributed by atoms with E-state index < -0.39 is 0 Å². The molecule has 0 amide bonds. The predicted octanol–water partition coefficient (Wildman–Crippen LogP) is 5.15. The van der Waals surface area contributed by atoms with E-state index in [0.717, 1.165) is 28.2 Å². The van der Waals surface area contributed by atoms with Gasteiger partial charge in [0.2, 0.25) is 0 Å². The van der Waals surface area contributed by atoms with Gasteiger partial charge >= 0.3 is 6.01 Å². The Hall–Kier alpha value is -3.02. The predicted molar refractivity (Wildman–Crippen MR) is 111 cm³/mol. The third-order valence-electron chi connectivity index (χ3n) is 4.51. The van der Waals surface area contributed by atoms with Gasteiger partial charge < -0.3 is 9.47 Å². The summed E-state index contributed by atoms with van der Waals surface area (Å²) >= 11 is 0. The van der Waals surface area contributed by atoms with Crippen molar-refractivity contribution in [2.45, 2.75) is 47.1 Å². The van der Waals surface area contributed by atoms with Crippen LogP contribution in [0.15, 0.2) is 36.5 Å². The van der Waals surface area contributed by atoms with Gasteiger partial charge in [0, 0.05) is 18.3 Å². The van der Waals surface area contributed by atoms with Crippen LogP contribution in [-0.2, 0) is 0 Å². The lowest BCUT2D eigenvalue weighted by Gasteiger charge is -2.15. The number of hydrogen-bond acceptors (Lipinski definition) is 5. The van der Waals surface area contributed by atoms with Crippen molar-refractivity contribution in [1.29, 1.82) is 0 Å². The van der Waals surface area contributed by atoms with E-state index >= 15 is 0 Å². The molecule has 0 N–H and O–H groups in total. The van der Waals surface area contributed by atoms with Crippen molar-refractivity contribution in [3.8, 4) is 23.1 Å². The highest BCUT2D eigenvalue weighted by Gasteiger charge is 2.11. The Labute approximate surface area is 171 Å². The van der Waals surface area contributed by atoms with E-state index in [-0.39, 0.29) is 11.9 Å². The molecule has 0 saturated heterocycles. The van der Waals surface area contributed by atoms with Gasteiger partial charge in [-0.1, -0.05) is 0 Å². The molecule has 3 rings (SSSR count). The Morgan fingerprint density at radius 2 is 1.79 bits per heavy atom. The quantitative estimate of drug-likeness (QED) is 0.554. The number of benzene rings is 1. The molecule has 0 radical (unpaired) electrons. The number of aromatic nitrogens is 3. The highest BCUT2D eigenvalue weighted by atomic mass is 19.1. The number of ether oxygens (including phenoxy) is 2. The van der Waals surface area contributed by atoms with Crippen LogP contribution >= 0.6 is 0 Å². The molecule has 3 aromatic rings. The lowest BCUT2D eigenvalue weighted by atomic mass is 10.1. The minimum atomic E-state index is -0.237. The van der Waals surface area contributed by atoms with Crippen LogP contribution < -0.4 is 9.47 Å². The summed E-state index contributed by atoms with van der Waals surface area (Å²) in [6.45, 7) is 10.0. The monoisotopic (exact) mass is 395 g/mol. The molecule has 6 heteroatoms. The van der Waals surface area contributed by atoms with E-state index in [1.165, 1.54) is 6.07 Å². The van der Waals surface area contributed by atoms with Crippen molar-refractivity contribution >= 4 is 0 Å². The SMILES string of the molecule is Cc1cc(C)nc(-c2nc(OCCC(C)Oc3ccc(F)c(C)c3)ncc2C)c1. The van der Waals surface area contributed by atoms with Crippen LogP contribution in [0, 0.1) is 33.5 Å². The maximum Gasteiger partial charge on any atom is 0.316 e. The van der Waals surface area contributed by atoms with Crippen molar-refractivity contribution in [3.63, 3.8) is 0 Å².